The van der Waals surface area contributed by atoms with Gasteiger partial charge in [0.2, 0.25) is 0 Å². The first kappa shape index (κ1) is 11.1. The van der Waals surface area contributed by atoms with Crippen LogP contribution in [0.3, 0.4) is 0 Å². The van der Waals surface area contributed by atoms with Crippen LogP contribution in [-0.2, 0) is 13.0 Å². The summed E-state index contributed by atoms with van der Waals surface area (Å²) in [6, 6.07) is 3.73. The zero-order valence-corrected chi connectivity index (χ0v) is 9.27. The molecule has 0 radical (unpaired) electrons. The van der Waals surface area contributed by atoms with E-state index in [1.807, 2.05) is 12.1 Å². The summed E-state index contributed by atoms with van der Waals surface area (Å²) in [6.45, 7) is 1.84. The van der Waals surface area contributed by atoms with Crippen LogP contribution < -0.4 is 5.32 Å². The van der Waals surface area contributed by atoms with Crippen molar-refractivity contribution in [1.82, 2.24) is 5.32 Å². The molecule has 13 heavy (non-hydrogen) atoms. The summed E-state index contributed by atoms with van der Waals surface area (Å²) in [6.07, 6.45) is 0.981. The lowest BCUT2D eigenvalue weighted by atomic mass is 10.0. The Balaban J connectivity index is 0.000000845. The highest BCUT2D eigenvalue weighted by Crippen LogP contribution is 2.28. The monoisotopic (exact) mass is 237 g/mol. The number of hydrogen-bond donors (Lipinski definition) is 1. The lowest BCUT2D eigenvalue weighted by Crippen LogP contribution is -2.24. The summed E-state index contributed by atoms with van der Waals surface area (Å²) in [5, 5.41) is 4.93. The fourth-order valence-corrected chi connectivity index (χ4v) is 2.04. The van der Waals surface area contributed by atoms with Gasteiger partial charge in [-0.2, -0.15) is 0 Å². The van der Waals surface area contributed by atoms with Crippen LogP contribution in [0.4, 0.5) is 0 Å². The molecule has 4 heteroatoms. The number of fused-ring (bicyclic) bond motifs is 1. The lowest BCUT2D eigenvalue weighted by Gasteiger charge is -2.19. The van der Waals surface area contributed by atoms with Crippen LogP contribution in [-0.4, -0.2) is 6.54 Å². The van der Waals surface area contributed by atoms with E-state index in [0.717, 1.165) is 35.1 Å². The Hall–Kier alpha value is 0.0500. The minimum atomic E-state index is 0. The first-order valence-electron chi connectivity index (χ1n) is 3.95. The summed E-state index contributed by atoms with van der Waals surface area (Å²) in [7, 11) is 0. The molecule has 0 atom stereocenters. The maximum Gasteiger partial charge on any atom is 0.0454 e. The van der Waals surface area contributed by atoms with E-state index in [0.29, 0.717) is 0 Å². The third-order valence-corrected chi connectivity index (χ3v) is 2.88. The van der Waals surface area contributed by atoms with Crippen molar-refractivity contribution in [1.29, 1.82) is 0 Å². The van der Waals surface area contributed by atoms with Gasteiger partial charge in [-0.1, -0.05) is 23.2 Å². The highest BCUT2D eigenvalue weighted by molar-refractivity contribution is 6.34. The molecule has 0 spiro atoms. The van der Waals surface area contributed by atoms with E-state index in [-0.39, 0.29) is 12.4 Å². The quantitative estimate of drug-likeness (QED) is 0.732. The third-order valence-electron chi connectivity index (χ3n) is 2.17. The van der Waals surface area contributed by atoms with Crippen molar-refractivity contribution in [3.05, 3.63) is 33.3 Å². The van der Waals surface area contributed by atoms with Crippen LogP contribution >= 0.6 is 35.6 Å². The maximum absolute atomic E-state index is 6.03. The molecular formula is C9H10Cl3N. The average molecular weight is 239 g/mol. The van der Waals surface area contributed by atoms with E-state index in [2.05, 4.69) is 5.32 Å². The predicted octanol–water partition coefficient (Wildman–Crippen LogP) is 3.06. The zero-order chi connectivity index (χ0) is 8.55. The van der Waals surface area contributed by atoms with E-state index >= 15 is 0 Å². The van der Waals surface area contributed by atoms with Crippen molar-refractivity contribution in [3.8, 4) is 0 Å². The largest absolute Gasteiger partial charge is 0.312 e. The van der Waals surface area contributed by atoms with Crippen LogP contribution in [0.2, 0.25) is 10.0 Å². The SMILES string of the molecule is Cl.Clc1ccc(Cl)c2c1CCNC2. The van der Waals surface area contributed by atoms with Gasteiger partial charge in [0.15, 0.2) is 0 Å². The predicted molar refractivity (Wildman–Crippen MR) is 59.1 cm³/mol. The molecule has 0 unspecified atom stereocenters. The molecule has 1 aromatic rings. The van der Waals surface area contributed by atoms with Gasteiger partial charge in [-0.25, -0.2) is 0 Å². The molecule has 1 N–H and O–H groups in total. The van der Waals surface area contributed by atoms with Gasteiger partial charge < -0.3 is 5.32 Å². The van der Waals surface area contributed by atoms with Gasteiger partial charge in [0.05, 0.1) is 0 Å². The highest BCUT2D eigenvalue weighted by atomic mass is 35.5. The molecule has 1 aromatic carbocycles. The van der Waals surface area contributed by atoms with Crippen molar-refractivity contribution in [2.45, 2.75) is 13.0 Å². The fraction of sp³-hybridized carbons (Fsp3) is 0.333. The van der Waals surface area contributed by atoms with Gasteiger partial charge in [-0.15, -0.1) is 12.4 Å². The van der Waals surface area contributed by atoms with Crippen molar-refractivity contribution in [2.24, 2.45) is 0 Å². The van der Waals surface area contributed by atoms with Gasteiger partial charge in [0.25, 0.3) is 0 Å². The Labute approximate surface area is 93.8 Å². The second-order valence-corrected chi connectivity index (χ2v) is 3.73. The summed E-state index contributed by atoms with van der Waals surface area (Å²) < 4.78 is 0. The van der Waals surface area contributed by atoms with Crippen molar-refractivity contribution < 1.29 is 0 Å². The van der Waals surface area contributed by atoms with Gasteiger partial charge in [-0.05, 0) is 36.2 Å². The van der Waals surface area contributed by atoms with E-state index in [1.165, 1.54) is 5.56 Å². The molecular weight excluding hydrogens is 228 g/mol. The minimum absolute atomic E-state index is 0. The lowest BCUT2D eigenvalue weighted by molar-refractivity contribution is 0.644. The maximum atomic E-state index is 6.03. The molecule has 1 aliphatic rings. The second kappa shape index (κ2) is 4.52. The van der Waals surface area contributed by atoms with Crippen LogP contribution in [0, 0.1) is 0 Å². The van der Waals surface area contributed by atoms with E-state index < -0.39 is 0 Å². The summed E-state index contributed by atoms with van der Waals surface area (Å²) >= 11 is 12.0. The summed E-state index contributed by atoms with van der Waals surface area (Å²) in [5.74, 6) is 0. The van der Waals surface area contributed by atoms with Gasteiger partial charge in [-0.3, -0.25) is 0 Å². The van der Waals surface area contributed by atoms with E-state index in [4.69, 9.17) is 23.2 Å². The van der Waals surface area contributed by atoms with Gasteiger partial charge in [0, 0.05) is 16.6 Å². The molecule has 0 bridgehead atoms. The molecule has 1 heterocycles. The normalized spacial score (nSPS) is 14.6. The number of hydrogen-bond acceptors (Lipinski definition) is 1. The Kier molecular flexibility index (Phi) is 3.87. The van der Waals surface area contributed by atoms with Crippen molar-refractivity contribution in [2.75, 3.05) is 6.54 Å². The molecule has 1 aliphatic heterocycles. The van der Waals surface area contributed by atoms with Crippen LogP contribution in [0.25, 0.3) is 0 Å². The molecule has 72 valence electrons. The third kappa shape index (κ3) is 2.10. The van der Waals surface area contributed by atoms with Crippen LogP contribution in [0.1, 0.15) is 11.1 Å². The van der Waals surface area contributed by atoms with E-state index in [1.54, 1.807) is 0 Å². The highest BCUT2D eigenvalue weighted by Gasteiger charge is 2.14. The summed E-state index contributed by atoms with van der Waals surface area (Å²) in [5.41, 5.74) is 2.37. The molecule has 2 rings (SSSR count). The van der Waals surface area contributed by atoms with E-state index in [9.17, 15) is 0 Å². The second-order valence-electron chi connectivity index (χ2n) is 2.91. The van der Waals surface area contributed by atoms with Gasteiger partial charge >= 0.3 is 0 Å². The van der Waals surface area contributed by atoms with Crippen molar-refractivity contribution in [3.63, 3.8) is 0 Å². The fourth-order valence-electron chi connectivity index (χ4n) is 1.52. The first-order chi connectivity index (χ1) is 5.79. The molecule has 0 saturated carbocycles. The topological polar surface area (TPSA) is 12.0 Å². The molecule has 0 amide bonds. The molecule has 0 aliphatic carbocycles. The van der Waals surface area contributed by atoms with Gasteiger partial charge in [0.1, 0.15) is 0 Å². The Morgan fingerprint density at radius 1 is 1.08 bits per heavy atom. The summed E-state index contributed by atoms with van der Waals surface area (Å²) in [4.78, 5) is 0. The molecule has 1 nitrogen and oxygen atoms in total. The Bertz CT molecular complexity index is 281. The number of halogens is 3. The van der Waals surface area contributed by atoms with Crippen LogP contribution in [0.5, 0.6) is 0 Å². The Morgan fingerprint density at radius 3 is 2.31 bits per heavy atom. The standard InChI is InChI=1S/C9H9Cl2N.ClH/c10-8-1-2-9(11)7-5-12-4-3-6(7)8;/h1-2,12H,3-5H2;1H. The van der Waals surface area contributed by atoms with Crippen LogP contribution in [0.15, 0.2) is 12.1 Å². The first-order valence-corrected chi connectivity index (χ1v) is 4.71. The van der Waals surface area contributed by atoms with Crippen molar-refractivity contribution >= 4 is 35.6 Å². The Morgan fingerprint density at radius 2 is 1.69 bits per heavy atom. The number of nitrogens with one attached hydrogen (secondary N) is 1. The molecule has 0 saturated heterocycles. The molecule has 0 aromatic heterocycles. The zero-order valence-electron chi connectivity index (χ0n) is 6.94. The minimum Gasteiger partial charge on any atom is -0.312 e. The number of rotatable bonds is 0. The number of benzene rings is 1. The molecule has 0 fully saturated rings. The smallest absolute Gasteiger partial charge is 0.0454 e. The average Bonchev–Trinajstić information content (AvgIpc) is 2.12.